The van der Waals surface area contributed by atoms with Crippen LogP contribution in [0.4, 0.5) is 21.9 Å². The predicted molar refractivity (Wildman–Crippen MR) is 328 cm³/mol. The Morgan fingerprint density at radius 2 is 0.976 bits per heavy atom. The third kappa shape index (κ3) is 19.6. The monoisotopic (exact) mass is 1180 g/mol. The molecule has 6 rings (SSSR count). The highest BCUT2D eigenvalue weighted by atomic mass is 16.6. The van der Waals surface area contributed by atoms with Gasteiger partial charge in [-0.15, -0.1) is 0 Å². The summed E-state index contributed by atoms with van der Waals surface area (Å²) in [5, 5.41) is 18.7. The fraction of sp³-hybridized carbons (Fsp3) is 0.591. The summed E-state index contributed by atoms with van der Waals surface area (Å²) < 4.78 is 33.6. The number of nitrogens with one attached hydrogen (secondary N) is 6. The summed E-state index contributed by atoms with van der Waals surface area (Å²) in [6.45, 7) is 28.6. The predicted octanol–water partition coefficient (Wildman–Crippen LogP) is 10.4. The average molecular weight is 1180 g/mol. The molecule has 0 spiro atoms. The van der Waals surface area contributed by atoms with Crippen LogP contribution in [-0.2, 0) is 38.1 Å². The quantitative estimate of drug-likeness (QED) is 0.0278. The van der Waals surface area contributed by atoms with Gasteiger partial charge < -0.3 is 60.3 Å². The number of rotatable bonds is 24. The molecule has 3 aromatic carbocycles. The first kappa shape index (κ1) is 67.3. The van der Waals surface area contributed by atoms with E-state index in [1.54, 1.807) is 49.6 Å². The van der Waals surface area contributed by atoms with Crippen molar-refractivity contribution in [2.24, 2.45) is 53.3 Å². The van der Waals surface area contributed by atoms with Crippen LogP contribution >= 0.6 is 0 Å². The zero-order valence-corrected chi connectivity index (χ0v) is 52.3. The lowest BCUT2D eigenvalue weighted by Gasteiger charge is -2.39. The zero-order chi connectivity index (χ0) is 62.3. The Labute approximate surface area is 502 Å². The van der Waals surface area contributed by atoms with E-state index in [0.29, 0.717) is 92.3 Å². The van der Waals surface area contributed by atoms with Crippen LogP contribution in [-0.4, -0.2) is 119 Å². The molecule has 3 fully saturated rings. The molecule has 466 valence electrons. The van der Waals surface area contributed by atoms with Gasteiger partial charge in [0.05, 0.1) is 49.8 Å². The van der Waals surface area contributed by atoms with E-state index < -0.39 is 41.4 Å². The van der Waals surface area contributed by atoms with Crippen molar-refractivity contribution >= 4 is 58.7 Å². The number of methoxy groups -OCH3 is 1. The minimum atomic E-state index is -0.658. The van der Waals surface area contributed by atoms with Crippen molar-refractivity contribution in [3.8, 4) is 5.75 Å². The Morgan fingerprint density at radius 1 is 0.529 bits per heavy atom. The van der Waals surface area contributed by atoms with Gasteiger partial charge in [-0.25, -0.2) is 9.59 Å². The maximum Gasteiger partial charge on any atom is 0.407 e. The van der Waals surface area contributed by atoms with Crippen molar-refractivity contribution in [1.29, 1.82) is 0 Å². The first-order valence-electron chi connectivity index (χ1n) is 30.2. The van der Waals surface area contributed by atoms with E-state index in [9.17, 15) is 33.6 Å². The molecule has 0 radical (unpaired) electrons. The van der Waals surface area contributed by atoms with Crippen molar-refractivity contribution in [3.63, 3.8) is 0 Å². The normalized spacial score (nSPS) is 24.9. The van der Waals surface area contributed by atoms with Gasteiger partial charge in [0.1, 0.15) is 18.8 Å². The van der Waals surface area contributed by atoms with Crippen LogP contribution < -0.4 is 36.6 Å². The zero-order valence-electron chi connectivity index (χ0n) is 52.3. The van der Waals surface area contributed by atoms with E-state index in [2.05, 4.69) is 59.3 Å². The van der Waals surface area contributed by atoms with Gasteiger partial charge in [-0.3, -0.25) is 24.0 Å². The Hall–Kier alpha value is -6.83. The van der Waals surface area contributed by atoms with Gasteiger partial charge in [-0.05, 0) is 181 Å². The summed E-state index contributed by atoms with van der Waals surface area (Å²) in [5.41, 5.74) is 3.70. The van der Waals surface area contributed by atoms with Crippen LogP contribution in [0.25, 0.3) is 0 Å². The van der Waals surface area contributed by atoms with Crippen molar-refractivity contribution in [2.45, 2.75) is 145 Å². The minimum absolute atomic E-state index is 0.00348. The lowest BCUT2D eigenvalue weighted by atomic mass is 9.72. The number of hydrogen-bond donors (Lipinski definition) is 6. The third-order valence-corrected chi connectivity index (χ3v) is 16.8. The second-order valence-electron chi connectivity index (χ2n) is 25.3. The summed E-state index contributed by atoms with van der Waals surface area (Å²) in [6.07, 6.45) is 4.13. The molecule has 0 aromatic heterocycles. The Kier molecular flexibility index (Phi) is 24.5. The Morgan fingerprint density at radius 3 is 1.48 bits per heavy atom. The second kappa shape index (κ2) is 31.0. The molecular formula is C66H94N6O13. The van der Waals surface area contributed by atoms with Gasteiger partial charge in [0.25, 0.3) is 11.8 Å². The van der Waals surface area contributed by atoms with Gasteiger partial charge in [0, 0.05) is 59.9 Å². The van der Waals surface area contributed by atoms with Gasteiger partial charge in [-0.2, -0.15) is 0 Å². The molecule has 19 nitrogen and oxygen atoms in total. The molecule has 0 aliphatic heterocycles. The lowest BCUT2D eigenvalue weighted by molar-refractivity contribution is -0.123. The molecule has 0 bridgehead atoms. The van der Waals surface area contributed by atoms with E-state index in [1.807, 2.05) is 68.4 Å². The highest BCUT2D eigenvalue weighted by Gasteiger charge is 2.41. The summed E-state index contributed by atoms with van der Waals surface area (Å²) >= 11 is 0. The minimum Gasteiger partial charge on any atom is -0.488 e. The maximum absolute atomic E-state index is 14.7. The molecule has 6 amide bonds. The number of anilines is 3. The van der Waals surface area contributed by atoms with Crippen LogP contribution in [0.2, 0.25) is 0 Å². The number of alkyl carbamates (subject to hydrolysis) is 1. The van der Waals surface area contributed by atoms with Crippen molar-refractivity contribution < 1.29 is 62.0 Å². The van der Waals surface area contributed by atoms with Crippen molar-refractivity contribution in [3.05, 3.63) is 94.6 Å². The number of esters is 1. The number of ether oxygens (including phenoxy) is 6. The van der Waals surface area contributed by atoms with E-state index in [0.717, 1.165) is 17.5 Å². The van der Waals surface area contributed by atoms with Gasteiger partial charge in [0.2, 0.25) is 17.7 Å². The van der Waals surface area contributed by atoms with Gasteiger partial charge in [-0.1, -0.05) is 54.2 Å². The van der Waals surface area contributed by atoms with E-state index in [4.69, 9.17) is 28.4 Å². The average Bonchev–Trinajstić information content (AvgIpc) is 3.59. The van der Waals surface area contributed by atoms with Gasteiger partial charge in [0.15, 0.2) is 5.75 Å². The van der Waals surface area contributed by atoms with Crippen LogP contribution in [0.3, 0.4) is 0 Å². The molecule has 85 heavy (non-hydrogen) atoms. The first-order valence-corrected chi connectivity index (χ1v) is 30.2. The Bertz CT molecular complexity index is 2850. The van der Waals surface area contributed by atoms with Crippen LogP contribution in [0.1, 0.15) is 149 Å². The fourth-order valence-corrected chi connectivity index (χ4v) is 12.3. The lowest BCUT2D eigenvalue weighted by Crippen LogP contribution is -2.49. The van der Waals surface area contributed by atoms with E-state index in [-0.39, 0.29) is 108 Å². The number of benzene rings is 3. The Balaban J connectivity index is 1.16. The fourth-order valence-electron chi connectivity index (χ4n) is 12.3. The molecule has 0 saturated heterocycles. The topological polar surface area (TPSA) is 247 Å². The number of carbonyl (C=O) groups is 7. The standard InChI is InChI=1S/C66H94N6O13/c1-15-16-84-64(78)47-24-38(3)26-49(33-47)68-60(74)50-34-55(44(9)29-40(50)5)70-63(77)53-27-39(4)28-57(58(53)83-22-21-82-20-19-81-18-17-80-14)71-62(76)52-35-54(43(8)30-42(52)7)69-59(73)46-23-37(2)25-48(32-46)67-61(75)51-36-56(45(10)31-41(51)6)72-65(79)85-66(11,12)13/h15,23-28,32-33,40-45,50-52,54-56H,1,16-22,29-31,34-36H2,2-14H3,(H,67,75)(H,68,74)(H,69,73)(H,70,77)(H,71,76)(H,72,79)/t40-,41-,42-,43+,44+,45+,50+,51?,52+,54+,55+,56+/m1/s1. The molecule has 3 aliphatic rings. The smallest absolute Gasteiger partial charge is 0.407 e. The summed E-state index contributed by atoms with van der Waals surface area (Å²) in [5.74, 6) is -3.12. The van der Waals surface area contributed by atoms with E-state index >= 15 is 0 Å². The summed E-state index contributed by atoms with van der Waals surface area (Å²) in [7, 11) is 1.60. The van der Waals surface area contributed by atoms with Crippen LogP contribution in [0, 0.1) is 74.0 Å². The SMILES string of the molecule is C=CCOC(=O)c1cc(C)cc(NC(=O)[C@H]2C[C@H](NC(=O)c3cc(C)cc(NC(=O)[C@H]4C[C@H](NC(=O)c5cc(C)cc(NC(=O)C6C[C@H](NC(=O)OC(C)(C)C)[C@@H](C)C[C@H]6C)c5)[C@@H](C)C[C@H]4C)c3OCCOCCOCCOC)[C@@H](C)C[C@H]2C)c1. The number of aryl methyl sites for hydroxylation is 3. The molecule has 3 aliphatic carbocycles. The molecule has 3 saturated carbocycles. The van der Waals surface area contributed by atoms with Gasteiger partial charge >= 0.3 is 12.1 Å². The summed E-state index contributed by atoms with van der Waals surface area (Å²) in [6, 6.07) is 12.8. The third-order valence-electron chi connectivity index (χ3n) is 16.8. The first-order chi connectivity index (χ1) is 40.2. The molecule has 3 aromatic rings. The molecule has 12 atom stereocenters. The molecule has 6 N–H and O–H groups in total. The molecule has 0 heterocycles. The summed E-state index contributed by atoms with van der Waals surface area (Å²) in [4.78, 5) is 97.1. The highest BCUT2D eigenvalue weighted by Crippen LogP contribution is 2.40. The highest BCUT2D eigenvalue weighted by molar-refractivity contribution is 6.03. The second-order valence-corrected chi connectivity index (χ2v) is 25.3. The molecule has 19 heteroatoms. The number of amides is 6. The molecule has 1 unspecified atom stereocenters. The van der Waals surface area contributed by atoms with Crippen LogP contribution in [0.5, 0.6) is 5.75 Å². The van der Waals surface area contributed by atoms with Crippen molar-refractivity contribution in [2.75, 3.05) is 69.3 Å². The van der Waals surface area contributed by atoms with Crippen molar-refractivity contribution in [1.82, 2.24) is 16.0 Å². The largest absolute Gasteiger partial charge is 0.488 e. The van der Waals surface area contributed by atoms with Crippen LogP contribution in [0.15, 0.2) is 61.2 Å². The number of carbonyl (C=O) groups excluding carboxylic acids is 7. The number of hydrogen-bond acceptors (Lipinski definition) is 13. The van der Waals surface area contributed by atoms with E-state index in [1.165, 1.54) is 6.08 Å². The maximum atomic E-state index is 14.7. The molecular weight excluding hydrogens is 1080 g/mol.